The zero-order valence-electron chi connectivity index (χ0n) is 12.0. The van der Waals surface area contributed by atoms with Crippen LogP contribution in [-0.4, -0.2) is 36.3 Å². The van der Waals surface area contributed by atoms with Crippen molar-refractivity contribution in [1.82, 2.24) is 10.3 Å². The first-order valence-corrected chi connectivity index (χ1v) is 6.55. The Morgan fingerprint density at radius 2 is 2.09 bits per heavy atom. The van der Waals surface area contributed by atoms with E-state index in [0.717, 1.165) is 12.8 Å². The highest BCUT2D eigenvalue weighted by molar-refractivity contribution is 5.96. The van der Waals surface area contributed by atoms with Crippen molar-refractivity contribution in [3.8, 4) is 5.88 Å². The van der Waals surface area contributed by atoms with E-state index in [1.807, 2.05) is 0 Å². The minimum atomic E-state index is -4.49. The first kappa shape index (κ1) is 21.8. The van der Waals surface area contributed by atoms with E-state index < -0.39 is 18.7 Å². The van der Waals surface area contributed by atoms with Gasteiger partial charge >= 0.3 is 6.18 Å². The predicted octanol–water partition coefficient (Wildman–Crippen LogP) is 2.33. The fraction of sp³-hybridized carbons (Fsp3) is 0.538. The van der Waals surface area contributed by atoms with Crippen LogP contribution in [0.25, 0.3) is 0 Å². The average molecular weight is 376 g/mol. The van der Waals surface area contributed by atoms with Crippen molar-refractivity contribution >= 4 is 30.7 Å². The van der Waals surface area contributed by atoms with Crippen molar-refractivity contribution in [2.24, 2.45) is 11.7 Å². The van der Waals surface area contributed by atoms with Gasteiger partial charge in [-0.2, -0.15) is 13.2 Å². The summed E-state index contributed by atoms with van der Waals surface area (Å²) in [5.74, 6) is -0.469. The van der Waals surface area contributed by atoms with Crippen molar-refractivity contribution in [3.05, 3.63) is 23.9 Å². The van der Waals surface area contributed by atoms with E-state index in [1.165, 1.54) is 18.3 Å². The van der Waals surface area contributed by atoms with Gasteiger partial charge in [0.15, 0.2) is 6.61 Å². The van der Waals surface area contributed by atoms with E-state index >= 15 is 0 Å². The van der Waals surface area contributed by atoms with Gasteiger partial charge in [-0.25, -0.2) is 4.98 Å². The maximum atomic E-state index is 12.2. The highest BCUT2D eigenvalue weighted by atomic mass is 35.5. The van der Waals surface area contributed by atoms with Crippen LogP contribution < -0.4 is 15.8 Å². The van der Waals surface area contributed by atoms with E-state index in [0.29, 0.717) is 5.92 Å². The molecule has 5 nitrogen and oxygen atoms in total. The number of alkyl halides is 3. The van der Waals surface area contributed by atoms with E-state index in [1.54, 1.807) is 0 Å². The van der Waals surface area contributed by atoms with Gasteiger partial charge < -0.3 is 15.8 Å². The minimum Gasteiger partial charge on any atom is -0.467 e. The minimum absolute atomic E-state index is 0. The summed E-state index contributed by atoms with van der Waals surface area (Å²) in [5, 5.41) is 2.59. The molecule has 0 aliphatic heterocycles. The Kier molecular flexibility index (Phi) is 8.65. The van der Waals surface area contributed by atoms with Crippen LogP contribution in [0.1, 0.15) is 23.2 Å². The molecule has 23 heavy (non-hydrogen) atoms. The number of hydrogen-bond donors (Lipinski definition) is 2. The normalized spacial score (nSPS) is 15.0. The van der Waals surface area contributed by atoms with Gasteiger partial charge in [0.05, 0.1) is 0 Å². The molecule has 132 valence electrons. The average Bonchev–Trinajstić information content (AvgIpc) is 3.26. The fourth-order valence-electron chi connectivity index (χ4n) is 1.83. The van der Waals surface area contributed by atoms with Crippen molar-refractivity contribution < 1.29 is 22.7 Å². The van der Waals surface area contributed by atoms with Gasteiger partial charge in [0.25, 0.3) is 5.91 Å². The van der Waals surface area contributed by atoms with E-state index in [-0.39, 0.29) is 48.8 Å². The lowest BCUT2D eigenvalue weighted by Crippen LogP contribution is -2.38. The Morgan fingerprint density at radius 3 is 2.65 bits per heavy atom. The van der Waals surface area contributed by atoms with Crippen LogP contribution in [0, 0.1) is 5.92 Å². The molecule has 1 aromatic heterocycles. The van der Waals surface area contributed by atoms with Crippen LogP contribution >= 0.6 is 24.8 Å². The van der Waals surface area contributed by atoms with Crippen LogP contribution in [0.4, 0.5) is 13.2 Å². The second-order valence-electron chi connectivity index (χ2n) is 4.97. The van der Waals surface area contributed by atoms with Crippen LogP contribution in [0.5, 0.6) is 5.88 Å². The van der Waals surface area contributed by atoms with E-state index in [9.17, 15) is 18.0 Å². The third kappa shape index (κ3) is 7.24. The molecule has 2 rings (SSSR count). The monoisotopic (exact) mass is 375 g/mol. The maximum Gasteiger partial charge on any atom is 0.422 e. The predicted molar refractivity (Wildman–Crippen MR) is 83.3 cm³/mol. The zero-order chi connectivity index (χ0) is 15.5. The standard InChI is InChI=1S/C13H16F3N3O2.2ClH/c14-13(15,16)7-21-12-9(2-1-5-18-12)11(20)19-6-10(17)8-3-4-8;;/h1-2,5,8,10H,3-4,6-7,17H2,(H,19,20);2*1H. The Morgan fingerprint density at radius 1 is 1.43 bits per heavy atom. The maximum absolute atomic E-state index is 12.2. The summed E-state index contributed by atoms with van der Waals surface area (Å²) >= 11 is 0. The molecule has 10 heteroatoms. The summed E-state index contributed by atoms with van der Waals surface area (Å²) in [4.78, 5) is 15.6. The Labute approximate surface area is 144 Å². The van der Waals surface area contributed by atoms with Crippen LogP contribution in [0.3, 0.4) is 0 Å². The number of nitrogens with two attached hydrogens (primary N) is 1. The van der Waals surface area contributed by atoms with E-state index in [4.69, 9.17) is 5.73 Å². The van der Waals surface area contributed by atoms with Gasteiger partial charge in [-0.05, 0) is 30.9 Å². The lowest BCUT2D eigenvalue weighted by molar-refractivity contribution is -0.154. The lowest BCUT2D eigenvalue weighted by Gasteiger charge is -2.14. The molecular formula is C13H18Cl2F3N3O2. The lowest BCUT2D eigenvalue weighted by atomic mass is 10.2. The molecular weight excluding hydrogens is 358 g/mol. The van der Waals surface area contributed by atoms with E-state index in [2.05, 4.69) is 15.0 Å². The number of hydrogen-bond acceptors (Lipinski definition) is 4. The number of ether oxygens (including phenoxy) is 1. The molecule has 1 amide bonds. The molecule has 1 fully saturated rings. The smallest absolute Gasteiger partial charge is 0.422 e. The topological polar surface area (TPSA) is 77.2 Å². The molecule has 1 aliphatic rings. The van der Waals surface area contributed by atoms with Crippen molar-refractivity contribution in [2.45, 2.75) is 25.1 Å². The van der Waals surface area contributed by atoms with Crippen molar-refractivity contribution in [2.75, 3.05) is 13.2 Å². The van der Waals surface area contributed by atoms with Gasteiger partial charge in [-0.1, -0.05) is 0 Å². The van der Waals surface area contributed by atoms with Crippen molar-refractivity contribution in [1.29, 1.82) is 0 Å². The molecule has 1 saturated carbocycles. The SMILES string of the molecule is Cl.Cl.NC(CNC(=O)c1cccnc1OCC(F)(F)F)C1CC1. The molecule has 0 saturated heterocycles. The second kappa shape index (κ2) is 9.14. The fourth-order valence-corrected chi connectivity index (χ4v) is 1.83. The van der Waals surface area contributed by atoms with Crippen LogP contribution in [0.15, 0.2) is 18.3 Å². The zero-order valence-corrected chi connectivity index (χ0v) is 13.6. The molecule has 0 aromatic carbocycles. The number of halogens is 5. The summed E-state index contributed by atoms with van der Waals surface area (Å²) in [5.41, 5.74) is 5.81. The highest BCUT2D eigenvalue weighted by Gasteiger charge is 2.30. The molecule has 0 spiro atoms. The van der Waals surface area contributed by atoms with Gasteiger partial charge in [0.1, 0.15) is 5.56 Å². The quantitative estimate of drug-likeness (QED) is 0.799. The molecule has 0 bridgehead atoms. The highest BCUT2D eigenvalue weighted by Crippen LogP contribution is 2.31. The summed E-state index contributed by atoms with van der Waals surface area (Å²) in [6.07, 6.45) is -1.13. The largest absolute Gasteiger partial charge is 0.467 e. The Bertz CT molecular complexity index is 513. The van der Waals surface area contributed by atoms with Crippen LogP contribution in [-0.2, 0) is 0 Å². The second-order valence-corrected chi connectivity index (χ2v) is 4.97. The van der Waals surface area contributed by atoms with Crippen LogP contribution in [0.2, 0.25) is 0 Å². The summed E-state index contributed by atoms with van der Waals surface area (Å²) in [6.45, 7) is -1.22. The van der Waals surface area contributed by atoms with Crippen molar-refractivity contribution in [3.63, 3.8) is 0 Å². The third-order valence-corrected chi connectivity index (χ3v) is 3.11. The van der Waals surface area contributed by atoms with Gasteiger partial charge in [0.2, 0.25) is 5.88 Å². The number of aromatic nitrogens is 1. The number of carbonyl (C=O) groups is 1. The first-order chi connectivity index (χ1) is 9.87. The summed E-state index contributed by atoms with van der Waals surface area (Å²) in [7, 11) is 0. The summed E-state index contributed by atoms with van der Waals surface area (Å²) in [6, 6.07) is 2.68. The third-order valence-electron chi connectivity index (χ3n) is 3.11. The molecule has 3 N–H and O–H groups in total. The van der Waals surface area contributed by atoms with Gasteiger partial charge in [-0.3, -0.25) is 4.79 Å². The molecule has 1 atom stereocenters. The molecule has 1 aromatic rings. The number of pyridine rings is 1. The summed E-state index contributed by atoms with van der Waals surface area (Å²) < 4.78 is 41.0. The Hall–Kier alpha value is -1.25. The van der Waals surface area contributed by atoms with Gasteiger partial charge in [0, 0.05) is 18.8 Å². The number of nitrogens with zero attached hydrogens (tertiary/aromatic N) is 1. The number of rotatable bonds is 6. The number of nitrogens with one attached hydrogen (secondary N) is 1. The number of carbonyl (C=O) groups excluding carboxylic acids is 1. The molecule has 1 aliphatic carbocycles. The van der Waals surface area contributed by atoms with Gasteiger partial charge in [-0.15, -0.1) is 24.8 Å². The molecule has 0 radical (unpaired) electrons. The number of amides is 1. The molecule has 1 heterocycles. The first-order valence-electron chi connectivity index (χ1n) is 6.55. The molecule has 1 unspecified atom stereocenters. The Balaban J connectivity index is 0.00000242.